The predicted molar refractivity (Wildman–Crippen MR) is 93.7 cm³/mol. The van der Waals surface area contributed by atoms with Crippen molar-refractivity contribution in [3.63, 3.8) is 0 Å². The van der Waals surface area contributed by atoms with E-state index in [0.717, 1.165) is 12.0 Å². The van der Waals surface area contributed by atoms with E-state index in [2.05, 4.69) is 0 Å². The van der Waals surface area contributed by atoms with Crippen molar-refractivity contribution in [2.24, 2.45) is 0 Å². The Bertz CT molecular complexity index is 669. The first-order valence-corrected chi connectivity index (χ1v) is 9.21. The standard InChI is InChI=1S/C16H18Cl2N2O2S/c1-16-6-5-14(21)20(16)13(9-23-16)15(22)19(2)8-10-3-4-11(17)7-12(10)18/h3-4,7,13H,5-6,8-9H2,1-2H3/t13-,16-/m0/s1. The molecule has 2 atom stereocenters. The topological polar surface area (TPSA) is 40.6 Å². The molecule has 0 bridgehead atoms. The second-order valence-corrected chi connectivity index (χ2v) is 8.54. The molecule has 124 valence electrons. The van der Waals surface area contributed by atoms with Crippen LogP contribution in [0.4, 0.5) is 0 Å². The van der Waals surface area contributed by atoms with Crippen molar-refractivity contribution in [3.8, 4) is 0 Å². The average molecular weight is 373 g/mol. The molecule has 0 spiro atoms. The SMILES string of the molecule is CN(Cc1ccc(Cl)cc1Cl)C(=O)[C@@H]1CS[C@@]2(C)CCC(=O)N12. The van der Waals surface area contributed by atoms with Crippen LogP contribution in [0, 0.1) is 0 Å². The zero-order valence-corrected chi connectivity index (χ0v) is 15.3. The number of likely N-dealkylation sites (N-methyl/N-ethyl adjacent to an activating group) is 1. The van der Waals surface area contributed by atoms with Crippen molar-refractivity contribution in [1.29, 1.82) is 0 Å². The molecular formula is C16H18Cl2N2O2S. The summed E-state index contributed by atoms with van der Waals surface area (Å²) in [4.78, 5) is 28.2. The fourth-order valence-electron chi connectivity index (χ4n) is 3.24. The molecule has 1 aromatic rings. The summed E-state index contributed by atoms with van der Waals surface area (Å²) in [6.45, 7) is 2.45. The largest absolute Gasteiger partial charge is 0.340 e. The van der Waals surface area contributed by atoms with Gasteiger partial charge in [0.1, 0.15) is 6.04 Å². The Morgan fingerprint density at radius 1 is 1.48 bits per heavy atom. The lowest BCUT2D eigenvalue weighted by atomic mass is 10.1. The maximum absolute atomic E-state index is 12.8. The number of hydrogen-bond donors (Lipinski definition) is 0. The summed E-state index contributed by atoms with van der Waals surface area (Å²) in [6.07, 6.45) is 1.34. The smallest absolute Gasteiger partial charge is 0.246 e. The monoisotopic (exact) mass is 372 g/mol. The van der Waals surface area contributed by atoms with Crippen LogP contribution in [0.15, 0.2) is 18.2 Å². The molecule has 0 unspecified atom stereocenters. The Balaban J connectivity index is 1.74. The Kier molecular flexibility index (Phi) is 4.55. The van der Waals surface area contributed by atoms with E-state index in [1.807, 2.05) is 13.0 Å². The number of halogens is 2. The van der Waals surface area contributed by atoms with Crippen molar-refractivity contribution in [3.05, 3.63) is 33.8 Å². The fourth-order valence-corrected chi connectivity index (χ4v) is 5.13. The number of fused-ring (bicyclic) bond motifs is 1. The Morgan fingerprint density at radius 3 is 2.91 bits per heavy atom. The minimum absolute atomic E-state index is 0.0394. The molecule has 2 aliphatic heterocycles. The lowest BCUT2D eigenvalue weighted by molar-refractivity contribution is -0.143. The van der Waals surface area contributed by atoms with E-state index in [-0.39, 0.29) is 22.7 Å². The number of hydrogen-bond acceptors (Lipinski definition) is 3. The second kappa shape index (κ2) is 6.19. The number of carbonyl (C=O) groups excluding carboxylic acids is 2. The Labute approximate surface area is 150 Å². The molecule has 4 nitrogen and oxygen atoms in total. The molecule has 3 rings (SSSR count). The van der Waals surface area contributed by atoms with Gasteiger partial charge in [-0.05, 0) is 31.0 Å². The van der Waals surface area contributed by atoms with Gasteiger partial charge in [0.05, 0.1) is 4.87 Å². The second-order valence-electron chi connectivity index (χ2n) is 6.20. The van der Waals surface area contributed by atoms with E-state index >= 15 is 0 Å². The molecule has 7 heteroatoms. The van der Waals surface area contributed by atoms with Crippen LogP contribution in [0.3, 0.4) is 0 Å². The third-order valence-corrected chi connectivity index (χ3v) is 6.62. The van der Waals surface area contributed by atoms with Gasteiger partial charge in [0.15, 0.2) is 0 Å². The summed E-state index contributed by atoms with van der Waals surface area (Å²) in [7, 11) is 1.74. The Hall–Kier alpha value is -0.910. The van der Waals surface area contributed by atoms with Gasteiger partial charge >= 0.3 is 0 Å². The van der Waals surface area contributed by atoms with E-state index in [4.69, 9.17) is 23.2 Å². The molecule has 0 aliphatic carbocycles. The molecule has 0 aromatic heterocycles. The molecule has 2 fully saturated rings. The first kappa shape index (κ1) is 16.9. The van der Waals surface area contributed by atoms with Crippen LogP contribution in [0.2, 0.25) is 10.0 Å². The first-order valence-electron chi connectivity index (χ1n) is 7.47. The molecule has 2 heterocycles. The summed E-state index contributed by atoms with van der Waals surface area (Å²) >= 11 is 13.8. The van der Waals surface area contributed by atoms with E-state index < -0.39 is 0 Å². The van der Waals surface area contributed by atoms with E-state index in [0.29, 0.717) is 28.8 Å². The number of nitrogens with zero attached hydrogens (tertiary/aromatic N) is 2. The van der Waals surface area contributed by atoms with E-state index in [1.165, 1.54) is 0 Å². The first-order chi connectivity index (χ1) is 10.8. The minimum atomic E-state index is -0.379. The molecule has 0 saturated carbocycles. The normalized spacial score (nSPS) is 26.5. The zero-order valence-electron chi connectivity index (χ0n) is 13.0. The van der Waals surface area contributed by atoms with Crippen molar-refractivity contribution in [2.75, 3.05) is 12.8 Å². The van der Waals surface area contributed by atoms with Crippen LogP contribution in [-0.2, 0) is 16.1 Å². The quantitative estimate of drug-likeness (QED) is 0.816. The fraction of sp³-hybridized carbons (Fsp3) is 0.500. The van der Waals surface area contributed by atoms with Gasteiger partial charge < -0.3 is 9.80 Å². The maximum Gasteiger partial charge on any atom is 0.246 e. The van der Waals surface area contributed by atoms with E-state index in [1.54, 1.807) is 40.7 Å². The van der Waals surface area contributed by atoms with Gasteiger partial charge in [-0.25, -0.2) is 0 Å². The average Bonchev–Trinajstić information content (AvgIpc) is 2.98. The molecule has 0 N–H and O–H groups in total. The molecular weight excluding hydrogens is 355 g/mol. The van der Waals surface area contributed by atoms with E-state index in [9.17, 15) is 9.59 Å². The zero-order chi connectivity index (χ0) is 16.8. The Morgan fingerprint density at radius 2 is 2.22 bits per heavy atom. The van der Waals surface area contributed by atoms with Crippen LogP contribution >= 0.6 is 35.0 Å². The summed E-state index contributed by atoms with van der Waals surface area (Å²) in [5.74, 6) is 0.691. The summed E-state index contributed by atoms with van der Waals surface area (Å²) in [5, 5.41) is 1.11. The van der Waals surface area contributed by atoms with Crippen LogP contribution in [0.1, 0.15) is 25.3 Å². The molecule has 2 amide bonds. The van der Waals surface area contributed by atoms with Crippen molar-refractivity contribution in [1.82, 2.24) is 9.80 Å². The highest BCUT2D eigenvalue weighted by Crippen LogP contribution is 2.47. The van der Waals surface area contributed by atoms with Gasteiger partial charge in [0, 0.05) is 35.8 Å². The van der Waals surface area contributed by atoms with Crippen LogP contribution < -0.4 is 0 Å². The van der Waals surface area contributed by atoms with Gasteiger partial charge in [-0.15, -0.1) is 11.8 Å². The van der Waals surface area contributed by atoms with Crippen molar-refractivity contribution >= 4 is 46.8 Å². The van der Waals surface area contributed by atoms with Crippen molar-refractivity contribution in [2.45, 2.75) is 37.2 Å². The molecule has 1 aromatic carbocycles. The van der Waals surface area contributed by atoms with Gasteiger partial charge in [-0.3, -0.25) is 9.59 Å². The molecule has 23 heavy (non-hydrogen) atoms. The predicted octanol–water partition coefficient (Wildman–Crippen LogP) is 3.41. The van der Waals surface area contributed by atoms with Gasteiger partial charge in [0.2, 0.25) is 11.8 Å². The highest BCUT2D eigenvalue weighted by molar-refractivity contribution is 8.01. The lowest BCUT2D eigenvalue weighted by Crippen LogP contribution is -2.50. The number of amides is 2. The number of carbonyl (C=O) groups is 2. The van der Waals surface area contributed by atoms with Gasteiger partial charge in [0.25, 0.3) is 0 Å². The van der Waals surface area contributed by atoms with Crippen LogP contribution in [-0.4, -0.2) is 45.3 Å². The number of rotatable bonds is 3. The van der Waals surface area contributed by atoms with Gasteiger partial charge in [-0.2, -0.15) is 0 Å². The highest BCUT2D eigenvalue weighted by Gasteiger charge is 2.53. The van der Waals surface area contributed by atoms with Crippen LogP contribution in [0.25, 0.3) is 0 Å². The summed E-state index contributed by atoms with van der Waals surface area (Å²) < 4.78 is 0. The molecule has 0 radical (unpaired) electrons. The molecule has 2 aliphatic rings. The van der Waals surface area contributed by atoms with Crippen LogP contribution in [0.5, 0.6) is 0 Å². The number of thioether (sulfide) groups is 1. The third kappa shape index (κ3) is 3.06. The summed E-state index contributed by atoms with van der Waals surface area (Å²) in [5.41, 5.74) is 0.841. The maximum atomic E-state index is 12.8. The molecule has 2 saturated heterocycles. The lowest BCUT2D eigenvalue weighted by Gasteiger charge is -2.32. The minimum Gasteiger partial charge on any atom is -0.340 e. The summed E-state index contributed by atoms with van der Waals surface area (Å²) in [6, 6.07) is 4.87. The third-order valence-electron chi connectivity index (χ3n) is 4.53. The number of benzene rings is 1. The van der Waals surface area contributed by atoms with Crippen molar-refractivity contribution < 1.29 is 9.59 Å². The van der Waals surface area contributed by atoms with Gasteiger partial charge in [-0.1, -0.05) is 29.3 Å². The highest BCUT2D eigenvalue weighted by atomic mass is 35.5.